The maximum Gasteiger partial charge on any atom is 0.163 e. The van der Waals surface area contributed by atoms with Gasteiger partial charge in [-0.2, -0.15) is 5.10 Å². The Kier molecular flexibility index (Phi) is 5.96. The number of benzene rings is 2. The van der Waals surface area contributed by atoms with Crippen molar-refractivity contribution in [3.8, 4) is 11.1 Å². The molecule has 2 aromatic carbocycles. The Morgan fingerprint density at radius 3 is 2.50 bits per heavy atom. The van der Waals surface area contributed by atoms with Gasteiger partial charge in [0.05, 0.1) is 25.1 Å². The largest absolute Gasteiger partial charge is 0.379 e. The smallest absolute Gasteiger partial charge is 0.163 e. The predicted octanol–water partition coefficient (Wildman–Crippen LogP) is 4.88. The summed E-state index contributed by atoms with van der Waals surface area (Å²) in [5.41, 5.74) is 5.27. The average Bonchev–Trinajstić information content (AvgIpc) is 3.25. The fourth-order valence-electron chi connectivity index (χ4n) is 4.71. The first-order valence-corrected chi connectivity index (χ1v) is 11.4. The summed E-state index contributed by atoms with van der Waals surface area (Å²) in [4.78, 5) is 7.20. The molecule has 32 heavy (non-hydrogen) atoms. The molecule has 1 aliphatic heterocycles. The lowest BCUT2D eigenvalue weighted by Gasteiger charge is -2.37. The van der Waals surface area contributed by atoms with E-state index in [1.165, 1.54) is 5.56 Å². The number of nitrogens with zero attached hydrogens (tertiary/aromatic N) is 4. The van der Waals surface area contributed by atoms with Crippen LogP contribution in [0.5, 0.6) is 0 Å². The van der Waals surface area contributed by atoms with Gasteiger partial charge in [0.25, 0.3) is 0 Å². The van der Waals surface area contributed by atoms with Crippen molar-refractivity contribution in [3.63, 3.8) is 0 Å². The van der Waals surface area contributed by atoms with Gasteiger partial charge < -0.3 is 4.74 Å². The van der Waals surface area contributed by atoms with Crippen molar-refractivity contribution in [2.75, 3.05) is 32.8 Å². The summed E-state index contributed by atoms with van der Waals surface area (Å²) in [5.74, 6) is 0. The molecule has 0 N–H and O–H groups in total. The minimum absolute atomic E-state index is 0.150. The third kappa shape index (κ3) is 4.29. The summed E-state index contributed by atoms with van der Waals surface area (Å²) in [6.45, 7) is 6.75. The number of ether oxygens (including phenoxy) is 1. The SMILES string of the molecule is CC(Cc1ccccc1)(CN1CCOCC1)c1ccnc2c(-c3ccc(Cl)cc3)cnn12. The van der Waals surface area contributed by atoms with Crippen LogP contribution in [-0.2, 0) is 16.6 Å². The standard InChI is InChI=1S/C26H27ClN4O/c1-26(17-20-5-3-2-4-6-20,19-30-13-15-32-16-14-30)24-11-12-28-25-23(18-29-31(24)25)21-7-9-22(27)10-8-21/h2-12,18H,13-17,19H2,1H3. The van der Waals surface area contributed by atoms with E-state index in [2.05, 4.69) is 48.2 Å². The molecule has 0 amide bonds. The highest BCUT2D eigenvalue weighted by atomic mass is 35.5. The summed E-state index contributed by atoms with van der Waals surface area (Å²) >= 11 is 6.10. The molecule has 6 heteroatoms. The van der Waals surface area contributed by atoms with Crippen LogP contribution < -0.4 is 0 Å². The molecule has 0 aliphatic carbocycles. The summed E-state index contributed by atoms with van der Waals surface area (Å²) in [6.07, 6.45) is 4.74. The molecule has 4 aromatic rings. The van der Waals surface area contributed by atoms with E-state index in [1.807, 2.05) is 41.2 Å². The molecule has 1 saturated heterocycles. The van der Waals surface area contributed by atoms with Gasteiger partial charge in [-0.1, -0.05) is 61.0 Å². The minimum atomic E-state index is -0.150. The second-order valence-electron chi connectivity index (χ2n) is 8.74. The van der Waals surface area contributed by atoms with Crippen LogP contribution in [0.3, 0.4) is 0 Å². The van der Waals surface area contributed by atoms with Crippen molar-refractivity contribution < 1.29 is 4.74 Å². The molecule has 0 saturated carbocycles. The van der Waals surface area contributed by atoms with E-state index in [0.717, 1.165) is 66.8 Å². The molecule has 3 heterocycles. The third-order valence-electron chi connectivity index (χ3n) is 6.29. The van der Waals surface area contributed by atoms with Crippen molar-refractivity contribution in [1.82, 2.24) is 19.5 Å². The van der Waals surface area contributed by atoms with E-state index >= 15 is 0 Å². The molecule has 164 valence electrons. The van der Waals surface area contributed by atoms with Gasteiger partial charge in [0.15, 0.2) is 5.65 Å². The van der Waals surface area contributed by atoms with Crippen LogP contribution in [0.25, 0.3) is 16.8 Å². The van der Waals surface area contributed by atoms with Gasteiger partial charge in [-0.15, -0.1) is 0 Å². The normalized spacial score (nSPS) is 16.8. The predicted molar refractivity (Wildman–Crippen MR) is 128 cm³/mol. The van der Waals surface area contributed by atoms with E-state index in [4.69, 9.17) is 26.4 Å². The van der Waals surface area contributed by atoms with Gasteiger partial charge in [0, 0.05) is 41.8 Å². The van der Waals surface area contributed by atoms with Crippen molar-refractivity contribution in [2.45, 2.75) is 18.8 Å². The molecule has 1 fully saturated rings. The zero-order chi connectivity index (χ0) is 22.0. The zero-order valence-electron chi connectivity index (χ0n) is 18.2. The van der Waals surface area contributed by atoms with E-state index in [1.54, 1.807) is 0 Å². The van der Waals surface area contributed by atoms with Crippen molar-refractivity contribution in [2.24, 2.45) is 0 Å². The van der Waals surface area contributed by atoms with Gasteiger partial charge in [0.2, 0.25) is 0 Å². The topological polar surface area (TPSA) is 42.7 Å². The van der Waals surface area contributed by atoms with Crippen LogP contribution in [0, 0.1) is 0 Å². The van der Waals surface area contributed by atoms with Crippen LogP contribution in [0.1, 0.15) is 18.2 Å². The average molecular weight is 447 g/mol. The van der Waals surface area contributed by atoms with E-state index in [-0.39, 0.29) is 5.41 Å². The number of aromatic nitrogens is 3. The number of morpholine rings is 1. The Morgan fingerprint density at radius 1 is 1.00 bits per heavy atom. The zero-order valence-corrected chi connectivity index (χ0v) is 19.0. The van der Waals surface area contributed by atoms with Crippen molar-refractivity contribution in [1.29, 1.82) is 0 Å². The molecule has 0 spiro atoms. The summed E-state index contributed by atoms with van der Waals surface area (Å²) in [6, 6.07) is 20.7. The monoisotopic (exact) mass is 446 g/mol. The Balaban J connectivity index is 1.58. The molecular formula is C26H27ClN4O. The first kappa shape index (κ1) is 21.1. The first-order valence-electron chi connectivity index (χ1n) is 11.1. The van der Waals surface area contributed by atoms with Crippen LogP contribution in [0.2, 0.25) is 5.02 Å². The summed E-state index contributed by atoms with van der Waals surface area (Å²) in [5, 5.41) is 5.52. The Hall–Kier alpha value is -2.73. The first-order chi connectivity index (χ1) is 15.6. The lowest BCUT2D eigenvalue weighted by atomic mass is 9.79. The third-order valence-corrected chi connectivity index (χ3v) is 6.54. The van der Waals surface area contributed by atoms with Crippen molar-refractivity contribution in [3.05, 3.63) is 89.3 Å². The number of hydrogen-bond donors (Lipinski definition) is 0. The van der Waals surface area contributed by atoms with Crippen LogP contribution >= 0.6 is 11.6 Å². The number of halogens is 1. The van der Waals surface area contributed by atoms with E-state index in [9.17, 15) is 0 Å². The summed E-state index contributed by atoms with van der Waals surface area (Å²) in [7, 11) is 0. The van der Waals surface area contributed by atoms with Crippen LogP contribution in [-0.4, -0.2) is 52.3 Å². The molecule has 0 bridgehead atoms. The van der Waals surface area contributed by atoms with Crippen LogP contribution in [0.4, 0.5) is 0 Å². The highest BCUT2D eigenvalue weighted by molar-refractivity contribution is 6.30. The second-order valence-corrected chi connectivity index (χ2v) is 9.18. The highest BCUT2D eigenvalue weighted by Gasteiger charge is 2.33. The molecule has 1 aliphatic rings. The summed E-state index contributed by atoms with van der Waals surface area (Å²) < 4.78 is 7.61. The van der Waals surface area contributed by atoms with Gasteiger partial charge >= 0.3 is 0 Å². The maximum atomic E-state index is 6.10. The highest BCUT2D eigenvalue weighted by Crippen LogP contribution is 2.32. The molecule has 1 atom stereocenters. The van der Waals surface area contributed by atoms with Crippen LogP contribution in [0.15, 0.2) is 73.1 Å². The molecule has 1 unspecified atom stereocenters. The quantitative estimate of drug-likeness (QED) is 0.423. The Bertz CT molecular complexity index is 1190. The Morgan fingerprint density at radius 2 is 1.75 bits per heavy atom. The van der Waals surface area contributed by atoms with Crippen molar-refractivity contribution >= 4 is 17.2 Å². The molecule has 2 aromatic heterocycles. The van der Waals surface area contributed by atoms with E-state index < -0.39 is 0 Å². The number of fused-ring (bicyclic) bond motifs is 1. The lowest BCUT2D eigenvalue weighted by Crippen LogP contribution is -2.46. The minimum Gasteiger partial charge on any atom is -0.379 e. The molecular weight excluding hydrogens is 420 g/mol. The van der Waals surface area contributed by atoms with Gasteiger partial charge in [-0.3, -0.25) is 4.90 Å². The molecule has 5 nitrogen and oxygen atoms in total. The van der Waals surface area contributed by atoms with E-state index in [0.29, 0.717) is 0 Å². The fourth-order valence-corrected chi connectivity index (χ4v) is 4.83. The molecule has 0 radical (unpaired) electrons. The number of rotatable bonds is 6. The molecule has 5 rings (SSSR count). The second kappa shape index (κ2) is 9.02. The Labute approximate surface area is 193 Å². The fraction of sp³-hybridized carbons (Fsp3) is 0.308. The van der Waals surface area contributed by atoms with Gasteiger partial charge in [0.1, 0.15) is 0 Å². The van der Waals surface area contributed by atoms with Gasteiger partial charge in [-0.25, -0.2) is 9.50 Å². The van der Waals surface area contributed by atoms with Gasteiger partial charge in [-0.05, 0) is 35.7 Å². The maximum absolute atomic E-state index is 6.10. The lowest BCUT2D eigenvalue weighted by molar-refractivity contribution is 0.0275. The number of hydrogen-bond acceptors (Lipinski definition) is 4.